The molecule has 1 aromatic rings. The number of carbonyl (C=O) groups excluding carboxylic acids is 4. The summed E-state index contributed by atoms with van der Waals surface area (Å²) in [7, 11) is 0. The molecule has 2 saturated carbocycles. The van der Waals surface area contributed by atoms with E-state index in [1.807, 2.05) is 6.92 Å². The number of hydrogen-bond acceptors (Lipinski definition) is 8. The molecule has 2 aliphatic carbocycles. The van der Waals surface area contributed by atoms with Gasteiger partial charge in [0.2, 0.25) is 0 Å². The van der Waals surface area contributed by atoms with Crippen LogP contribution in [0.3, 0.4) is 0 Å². The van der Waals surface area contributed by atoms with Gasteiger partial charge in [-0.3, -0.25) is 14.4 Å². The Bertz CT molecular complexity index is 892. The number of rotatable bonds is 5. The van der Waals surface area contributed by atoms with Crippen LogP contribution in [0.25, 0.3) is 0 Å². The van der Waals surface area contributed by atoms with Crippen LogP contribution in [0.15, 0.2) is 23.0 Å². The van der Waals surface area contributed by atoms with Crippen LogP contribution in [0, 0.1) is 28.6 Å². The molecule has 0 unspecified atom stereocenters. The predicted octanol–water partition coefficient (Wildman–Crippen LogP) is 3.39. The summed E-state index contributed by atoms with van der Waals surface area (Å²) in [5, 5.41) is 0. The third-order valence-corrected chi connectivity index (χ3v) is 8.08. The molecule has 1 saturated heterocycles. The van der Waals surface area contributed by atoms with Gasteiger partial charge in [0.05, 0.1) is 23.4 Å². The SMILES string of the molecule is CC(=O)OC[C@@]12[C@@H](OC(C)=O)C[C@@H](C)[C@]3(C[C@H](c4ccoc4)OC3=O)[C@H]1CCC[C@@H]2C=O. The highest BCUT2D eigenvalue weighted by atomic mass is 16.6. The first-order valence-corrected chi connectivity index (χ1v) is 11.2. The lowest BCUT2D eigenvalue weighted by Crippen LogP contribution is -2.65. The molecule has 0 amide bonds. The summed E-state index contributed by atoms with van der Waals surface area (Å²) >= 11 is 0. The number of ether oxygens (including phenoxy) is 3. The molecule has 0 aromatic carbocycles. The maximum Gasteiger partial charge on any atom is 0.313 e. The summed E-state index contributed by atoms with van der Waals surface area (Å²) in [5.41, 5.74) is -1.06. The zero-order valence-corrected chi connectivity index (χ0v) is 18.7. The van der Waals surface area contributed by atoms with Crippen LogP contribution in [-0.2, 0) is 33.4 Å². The summed E-state index contributed by atoms with van der Waals surface area (Å²) in [6, 6.07) is 1.79. The number of hydrogen-bond donors (Lipinski definition) is 0. The van der Waals surface area contributed by atoms with E-state index in [1.165, 1.54) is 13.8 Å². The standard InChI is InChI=1S/C24H30O8/c1-14-9-21(31-16(3)27)24(13-30-15(2)26)18(11-25)5-4-6-20(24)23(14)10-19(32-22(23)28)17-7-8-29-12-17/h7-8,11-12,14,18-21H,4-6,9-10,13H2,1-3H3/t14-,18-,19-,20-,21+,23-,24+/m1/s1. The maximum absolute atomic E-state index is 13.6. The normalized spacial score (nSPS) is 38.6. The molecule has 0 radical (unpaired) electrons. The Balaban J connectivity index is 1.83. The van der Waals surface area contributed by atoms with Crippen LogP contribution in [-0.4, -0.2) is 36.9 Å². The van der Waals surface area contributed by atoms with Crippen molar-refractivity contribution in [2.75, 3.05) is 6.61 Å². The van der Waals surface area contributed by atoms with Crippen molar-refractivity contribution >= 4 is 24.2 Å². The third-order valence-electron chi connectivity index (χ3n) is 8.08. The van der Waals surface area contributed by atoms with E-state index < -0.39 is 40.9 Å². The first kappa shape index (κ1) is 22.6. The molecule has 1 aromatic heterocycles. The Hall–Kier alpha value is -2.64. The fraction of sp³-hybridized carbons (Fsp3) is 0.667. The number of carbonyl (C=O) groups is 4. The molecule has 0 N–H and O–H groups in total. The lowest BCUT2D eigenvalue weighted by atomic mass is 9.43. The first-order valence-electron chi connectivity index (χ1n) is 11.2. The van der Waals surface area contributed by atoms with Crippen molar-refractivity contribution in [2.24, 2.45) is 28.6 Å². The Labute approximate surface area is 186 Å². The van der Waals surface area contributed by atoms with E-state index in [1.54, 1.807) is 18.6 Å². The van der Waals surface area contributed by atoms with Gasteiger partial charge in [0.25, 0.3) is 0 Å². The number of furan rings is 1. The summed E-state index contributed by atoms with van der Waals surface area (Å²) in [4.78, 5) is 49.7. The zero-order valence-electron chi connectivity index (χ0n) is 18.7. The number of fused-ring (bicyclic) bond motifs is 2. The van der Waals surface area contributed by atoms with Crippen molar-refractivity contribution in [3.8, 4) is 0 Å². The molecule has 4 rings (SSSR count). The van der Waals surface area contributed by atoms with Crippen molar-refractivity contribution in [3.63, 3.8) is 0 Å². The molecule has 8 nitrogen and oxygen atoms in total. The van der Waals surface area contributed by atoms with Crippen LogP contribution in [0.2, 0.25) is 0 Å². The van der Waals surface area contributed by atoms with E-state index in [2.05, 4.69) is 0 Å². The van der Waals surface area contributed by atoms with Crippen molar-refractivity contribution in [2.45, 2.75) is 65.1 Å². The summed E-state index contributed by atoms with van der Waals surface area (Å²) in [6.07, 6.45) is 5.73. The molecule has 3 fully saturated rings. The average Bonchev–Trinajstić information content (AvgIpc) is 3.38. The van der Waals surface area contributed by atoms with E-state index in [0.29, 0.717) is 25.7 Å². The first-order chi connectivity index (χ1) is 15.3. The maximum atomic E-state index is 13.6. The zero-order chi connectivity index (χ0) is 23.1. The highest BCUT2D eigenvalue weighted by molar-refractivity contribution is 5.81. The highest BCUT2D eigenvalue weighted by Crippen LogP contribution is 2.67. The van der Waals surface area contributed by atoms with E-state index in [4.69, 9.17) is 18.6 Å². The van der Waals surface area contributed by atoms with Crippen LogP contribution >= 0.6 is 0 Å². The molecule has 8 heteroatoms. The number of aldehydes is 1. The van der Waals surface area contributed by atoms with Crippen molar-refractivity contribution in [1.29, 1.82) is 0 Å². The molecule has 32 heavy (non-hydrogen) atoms. The second kappa shape index (κ2) is 8.37. The molecule has 7 atom stereocenters. The number of esters is 3. The van der Waals surface area contributed by atoms with Gasteiger partial charge in [-0.05, 0) is 37.2 Å². The van der Waals surface area contributed by atoms with E-state index in [0.717, 1.165) is 18.3 Å². The van der Waals surface area contributed by atoms with Gasteiger partial charge in [0, 0.05) is 31.7 Å². The fourth-order valence-corrected chi connectivity index (χ4v) is 6.71. The predicted molar refractivity (Wildman–Crippen MR) is 110 cm³/mol. The van der Waals surface area contributed by atoms with E-state index in [-0.39, 0.29) is 24.4 Å². The molecule has 3 aliphatic rings. The van der Waals surface area contributed by atoms with Crippen LogP contribution in [0.4, 0.5) is 0 Å². The van der Waals surface area contributed by atoms with E-state index >= 15 is 0 Å². The lowest BCUT2D eigenvalue weighted by Gasteiger charge is -2.60. The van der Waals surface area contributed by atoms with Gasteiger partial charge in [-0.25, -0.2) is 0 Å². The molecule has 174 valence electrons. The Morgan fingerprint density at radius 1 is 1.25 bits per heavy atom. The smallest absolute Gasteiger partial charge is 0.313 e. The molecular weight excluding hydrogens is 416 g/mol. The highest BCUT2D eigenvalue weighted by Gasteiger charge is 2.71. The van der Waals surface area contributed by atoms with Gasteiger partial charge in [0.1, 0.15) is 25.1 Å². The summed E-state index contributed by atoms with van der Waals surface area (Å²) in [5.74, 6) is -2.24. The fourth-order valence-electron chi connectivity index (χ4n) is 6.71. The minimum Gasteiger partial charge on any atom is -0.472 e. The topological polar surface area (TPSA) is 109 Å². The lowest BCUT2D eigenvalue weighted by molar-refractivity contribution is -0.222. The van der Waals surface area contributed by atoms with Crippen LogP contribution < -0.4 is 0 Å². The van der Waals surface area contributed by atoms with Crippen LogP contribution in [0.5, 0.6) is 0 Å². The van der Waals surface area contributed by atoms with Gasteiger partial charge < -0.3 is 23.4 Å². The monoisotopic (exact) mass is 446 g/mol. The summed E-state index contributed by atoms with van der Waals surface area (Å²) < 4.78 is 22.4. The third kappa shape index (κ3) is 3.35. The second-order valence-corrected chi connectivity index (χ2v) is 9.55. The van der Waals surface area contributed by atoms with Gasteiger partial charge in [-0.1, -0.05) is 13.3 Å². The Kier molecular flexibility index (Phi) is 5.90. The van der Waals surface area contributed by atoms with E-state index in [9.17, 15) is 19.2 Å². The Morgan fingerprint density at radius 3 is 2.66 bits per heavy atom. The average molecular weight is 446 g/mol. The second-order valence-electron chi connectivity index (χ2n) is 9.55. The largest absolute Gasteiger partial charge is 0.472 e. The molecule has 1 aliphatic heterocycles. The molecule has 1 spiro atoms. The Morgan fingerprint density at radius 2 is 2.03 bits per heavy atom. The van der Waals surface area contributed by atoms with Gasteiger partial charge >= 0.3 is 17.9 Å². The van der Waals surface area contributed by atoms with Crippen LogP contribution in [0.1, 0.15) is 64.5 Å². The van der Waals surface area contributed by atoms with Gasteiger partial charge in [-0.2, -0.15) is 0 Å². The van der Waals surface area contributed by atoms with Crippen molar-refractivity contribution in [1.82, 2.24) is 0 Å². The van der Waals surface area contributed by atoms with Crippen molar-refractivity contribution < 1.29 is 37.8 Å². The molecule has 0 bridgehead atoms. The van der Waals surface area contributed by atoms with Gasteiger partial charge in [0.15, 0.2) is 0 Å². The van der Waals surface area contributed by atoms with Gasteiger partial charge in [-0.15, -0.1) is 0 Å². The minimum absolute atomic E-state index is 0.0769. The van der Waals surface area contributed by atoms with Crippen molar-refractivity contribution in [3.05, 3.63) is 24.2 Å². The number of cyclic esters (lactones) is 1. The molecule has 2 heterocycles. The minimum atomic E-state index is -0.978. The quantitative estimate of drug-likeness (QED) is 0.385. The molecular formula is C24H30O8. The summed E-state index contributed by atoms with van der Waals surface area (Å²) in [6.45, 7) is 4.55.